The average molecular weight is 432 g/mol. The van der Waals surface area contributed by atoms with Gasteiger partial charge < -0.3 is 5.32 Å². The molecule has 1 heterocycles. The molecule has 0 spiro atoms. The lowest BCUT2D eigenvalue weighted by Crippen LogP contribution is -2.33. The van der Waals surface area contributed by atoms with E-state index in [4.69, 9.17) is 0 Å². The molecule has 0 amide bonds. The van der Waals surface area contributed by atoms with Crippen LogP contribution in [0.1, 0.15) is 43.7 Å². The number of anilines is 1. The van der Waals surface area contributed by atoms with Crippen molar-refractivity contribution in [2.45, 2.75) is 32.6 Å². The van der Waals surface area contributed by atoms with Gasteiger partial charge in [0, 0.05) is 33.8 Å². The number of ketones is 1. The van der Waals surface area contributed by atoms with Crippen LogP contribution < -0.4 is 5.32 Å². The van der Waals surface area contributed by atoms with E-state index in [1.807, 2.05) is 0 Å². The van der Waals surface area contributed by atoms with Gasteiger partial charge in [0.25, 0.3) is 0 Å². The number of halogens is 1. The Morgan fingerprint density at radius 1 is 0.964 bits per heavy atom. The van der Waals surface area contributed by atoms with Gasteiger partial charge in [0.05, 0.1) is 0 Å². The zero-order chi connectivity index (χ0) is 19.5. The van der Waals surface area contributed by atoms with Gasteiger partial charge in [-0.3, -0.25) is 4.79 Å². The first-order valence-electron chi connectivity index (χ1n) is 9.73. The van der Waals surface area contributed by atoms with E-state index in [9.17, 15) is 4.79 Å². The molecule has 5 rings (SSSR count). The normalized spacial score (nSPS) is 20.5. The minimum absolute atomic E-state index is 0.0124. The minimum atomic E-state index is -0.0333. The second-order valence-electron chi connectivity index (χ2n) is 8.69. The Bertz CT molecular complexity index is 1140. The molecule has 3 aromatic rings. The van der Waals surface area contributed by atoms with Gasteiger partial charge in [-0.15, -0.1) is 0 Å². The van der Waals surface area contributed by atoms with Crippen molar-refractivity contribution in [2.75, 3.05) is 5.32 Å². The summed E-state index contributed by atoms with van der Waals surface area (Å²) in [5.74, 6) is 0.235. The van der Waals surface area contributed by atoms with Crippen LogP contribution in [0.3, 0.4) is 0 Å². The zero-order valence-corrected chi connectivity index (χ0v) is 17.6. The third-order valence-corrected chi connectivity index (χ3v) is 6.49. The molecule has 0 fully saturated rings. The highest BCUT2D eigenvalue weighted by Crippen LogP contribution is 2.50. The molecule has 1 unspecified atom stereocenters. The summed E-state index contributed by atoms with van der Waals surface area (Å²) in [6, 6.07) is 21.2. The van der Waals surface area contributed by atoms with E-state index in [1.165, 1.54) is 21.9 Å². The molecule has 28 heavy (non-hydrogen) atoms. The van der Waals surface area contributed by atoms with Gasteiger partial charge in [0.2, 0.25) is 0 Å². The number of hydrogen-bond donors (Lipinski definition) is 1. The van der Waals surface area contributed by atoms with E-state index >= 15 is 0 Å². The van der Waals surface area contributed by atoms with E-state index < -0.39 is 0 Å². The number of allylic oxidation sites excluding steroid dienone is 2. The van der Waals surface area contributed by atoms with Crippen molar-refractivity contribution in [3.63, 3.8) is 0 Å². The van der Waals surface area contributed by atoms with Crippen LogP contribution in [-0.2, 0) is 4.79 Å². The maximum absolute atomic E-state index is 13.3. The third-order valence-electron chi connectivity index (χ3n) is 5.96. The van der Waals surface area contributed by atoms with Crippen molar-refractivity contribution in [1.29, 1.82) is 0 Å². The molecule has 0 saturated heterocycles. The molecule has 2 aliphatic rings. The molecule has 140 valence electrons. The summed E-state index contributed by atoms with van der Waals surface area (Å²) in [6.07, 6.45) is 1.49. The summed E-state index contributed by atoms with van der Waals surface area (Å²) in [5.41, 5.74) is 5.54. The van der Waals surface area contributed by atoms with Gasteiger partial charge in [-0.25, -0.2) is 0 Å². The van der Waals surface area contributed by atoms with Crippen LogP contribution in [0, 0.1) is 5.41 Å². The highest BCUT2D eigenvalue weighted by atomic mass is 79.9. The highest BCUT2D eigenvalue weighted by Gasteiger charge is 2.41. The van der Waals surface area contributed by atoms with Gasteiger partial charge in [-0.05, 0) is 51.9 Å². The summed E-state index contributed by atoms with van der Waals surface area (Å²) in [6.45, 7) is 4.36. The van der Waals surface area contributed by atoms with Crippen LogP contribution in [0.2, 0.25) is 0 Å². The molecule has 2 nitrogen and oxygen atoms in total. The van der Waals surface area contributed by atoms with Crippen LogP contribution in [-0.4, -0.2) is 5.78 Å². The predicted molar refractivity (Wildman–Crippen MR) is 119 cm³/mol. The van der Waals surface area contributed by atoms with E-state index in [-0.39, 0.29) is 17.1 Å². The Morgan fingerprint density at radius 3 is 2.50 bits per heavy atom. The Kier molecular flexibility index (Phi) is 3.99. The predicted octanol–water partition coefficient (Wildman–Crippen LogP) is 6.80. The molecule has 1 N–H and O–H groups in total. The number of hydrogen-bond acceptors (Lipinski definition) is 2. The topological polar surface area (TPSA) is 29.1 Å². The molecule has 0 aromatic heterocycles. The fourth-order valence-corrected chi connectivity index (χ4v) is 5.06. The Balaban J connectivity index is 1.81. The number of fused-ring (bicyclic) bond motifs is 3. The van der Waals surface area contributed by atoms with Crippen molar-refractivity contribution < 1.29 is 4.79 Å². The molecule has 1 atom stereocenters. The van der Waals surface area contributed by atoms with Crippen molar-refractivity contribution in [1.82, 2.24) is 0 Å². The lowest BCUT2D eigenvalue weighted by Gasteiger charge is -2.40. The van der Waals surface area contributed by atoms with Gasteiger partial charge >= 0.3 is 0 Å². The first kappa shape index (κ1) is 17.7. The summed E-state index contributed by atoms with van der Waals surface area (Å²) in [4.78, 5) is 13.3. The number of carbonyl (C=O) groups excluding carboxylic acids is 1. The Hall–Kier alpha value is -2.39. The first-order valence-corrected chi connectivity index (χ1v) is 10.5. The largest absolute Gasteiger partial charge is 0.358 e. The lowest BCUT2D eigenvalue weighted by atomic mass is 9.68. The average Bonchev–Trinajstić information content (AvgIpc) is 2.66. The molecule has 0 radical (unpaired) electrons. The number of Topliss-reactive ketones (excluding diaryl/α,β-unsaturated/α-hetero) is 1. The van der Waals surface area contributed by atoms with Crippen LogP contribution in [0.4, 0.5) is 5.69 Å². The molecule has 3 heteroatoms. The van der Waals surface area contributed by atoms with Gasteiger partial charge in [-0.1, -0.05) is 72.2 Å². The second-order valence-corrected chi connectivity index (χ2v) is 9.61. The summed E-state index contributed by atoms with van der Waals surface area (Å²) < 4.78 is 1.05. The number of rotatable bonds is 1. The van der Waals surface area contributed by atoms with Gasteiger partial charge in [0.15, 0.2) is 5.78 Å². The van der Waals surface area contributed by atoms with Crippen LogP contribution in [0.25, 0.3) is 10.8 Å². The molecule has 1 aliphatic heterocycles. The Morgan fingerprint density at radius 2 is 1.71 bits per heavy atom. The number of carbonyl (C=O) groups is 1. The molecule has 0 bridgehead atoms. The minimum Gasteiger partial charge on any atom is -0.358 e. The van der Waals surface area contributed by atoms with Gasteiger partial charge in [0.1, 0.15) is 0 Å². The fourth-order valence-electron chi connectivity index (χ4n) is 4.79. The second kappa shape index (κ2) is 6.31. The smallest absolute Gasteiger partial charge is 0.162 e. The van der Waals surface area contributed by atoms with Crippen molar-refractivity contribution >= 4 is 38.2 Å². The number of benzene rings is 3. The van der Waals surface area contributed by atoms with E-state index in [1.54, 1.807) is 0 Å². The molecule has 0 saturated carbocycles. The van der Waals surface area contributed by atoms with Gasteiger partial charge in [-0.2, -0.15) is 0 Å². The van der Waals surface area contributed by atoms with E-state index in [2.05, 4.69) is 95.8 Å². The standard InChI is InChI=1S/C25H22BrNO/c1-25(2)13-20-24(21(28)14-25)22(16-7-10-17(26)11-8-16)23-18-6-4-3-5-15(18)9-12-19(23)27-20/h3-12,22,27H,13-14H2,1-2H3. The van der Waals surface area contributed by atoms with Crippen LogP contribution >= 0.6 is 15.9 Å². The lowest BCUT2D eigenvalue weighted by molar-refractivity contribution is -0.118. The van der Waals surface area contributed by atoms with Crippen molar-refractivity contribution in [3.05, 3.63) is 87.5 Å². The van der Waals surface area contributed by atoms with Crippen LogP contribution in [0.5, 0.6) is 0 Å². The third kappa shape index (κ3) is 2.80. The summed E-state index contributed by atoms with van der Waals surface area (Å²) in [7, 11) is 0. The number of nitrogens with one attached hydrogen (secondary N) is 1. The van der Waals surface area contributed by atoms with Crippen molar-refractivity contribution in [3.8, 4) is 0 Å². The van der Waals surface area contributed by atoms with E-state index in [0.717, 1.165) is 27.9 Å². The SMILES string of the molecule is CC1(C)CC(=O)C2=C(C1)Nc1ccc3ccccc3c1C2c1ccc(Br)cc1. The molecule has 1 aliphatic carbocycles. The highest BCUT2D eigenvalue weighted by molar-refractivity contribution is 9.10. The maximum atomic E-state index is 13.3. The quantitative estimate of drug-likeness (QED) is 0.458. The van der Waals surface area contributed by atoms with E-state index in [0.29, 0.717) is 6.42 Å². The Labute approximate surface area is 173 Å². The first-order chi connectivity index (χ1) is 13.4. The monoisotopic (exact) mass is 431 g/mol. The fraction of sp³-hybridized carbons (Fsp3) is 0.240. The summed E-state index contributed by atoms with van der Waals surface area (Å²) >= 11 is 3.55. The molecular formula is C25H22BrNO. The molecular weight excluding hydrogens is 410 g/mol. The maximum Gasteiger partial charge on any atom is 0.162 e. The summed E-state index contributed by atoms with van der Waals surface area (Å²) in [5, 5.41) is 6.06. The van der Waals surface area contributed by atoms with Crippen molar-refractivity contribution in [2.24, 2.45) is 5.41 Å². The zero-order valence-electron chi connectivity index (χ0n) is 16.1. The molecule has 3 aromatic carbocycles. The van der Waals surface area contributed by atoms with Crippen LogP contribution in [0.15, 0.2) is 76.4 Å².